The zero-order valence-corrected chi connectivity index (χ0v) is 9.54. The predicted octanol–water partition coefficient (Wildman–Crippen LogP) is 1.28. The van der Waals surface area contributed by atoms with Crippen molar-refractivity contribution in [2.75, 3.05) is 7.05 Å². The van der Waals surface area contributed by atoms with Crippen molar-refractivity contribution in [2.24, 2.45) is 0 Å². The van der Waals surface area contributed by atoms with Crippen molar-refractivity contribution >= 4 is 11.9 Å². The van der Waals surface area contributed by atoms with Gasteiger partial charge in [0.05, 0.1) is 0 Å². The van der Waals surface area contributed by atoms with E-state index in [1.807, 2.05) is 6.07 Å². The number of rotatable bonds is 1. The second-order valence-corrected chi connectivity index (χ2v) is 4.02. The fourth-order valence-electron chi connectivity index (χ4n) is 1.96. The average Bonchev–Trinajstić information content (AvgIpc) is 2.53. The van der Waals surface area contributed by atoms with Crippen LogP contribution in [0.15, 0.2) is 30.3 Å². The first-order valence-corrected chi connectivity index (χ1v) is 5.11. The highest BCUT2D eigenvalue weighted by Crippen LogP contribution is 2.35. The second-order valence-electron chi connectivity index (χ2n) is 4.02. The molecule has 1 unspecified atom stereocenters. The minimum Gasteiger partial charge on any atom is -0.308 e. The third kappa shape index (κ3) is 1.31. The fraction of sp³-hybridized carbons (Fsp3) is 0.250. The molecule has 17 heavy (non-hydrogen) atoms. The molecule has 1 fully saturated rings. The average molecular weight is 229 g/mol. The van der Waals surface area contributed by atoms with Gasteiger partial charge >= 0.3 is 6.03 Å². The van der Waals surface area contributed by atoms with Crippen molar-refractivity contribution in [2.45, 2.75) is 12.5 Å². The highest BCUT2D eigenvalue weighted by atomic mass is 16.2. The van der Waals surface area contributed by atoms with Crippen LogP contribution in [0, 0.1) is 11.5 Å². The van der Waals surface area contributed by atoms with E-state index in [9.17, 15) is 9.59 Å². The number of likely N-dealkylation sites (N-methyl/N-ethyl adjacent to an activating group) is 1. The molecule has 5 heteroatoms. The Kier molecular flexibility index (Phi) is 2.36. The molecule has 0 saturated carbocycles. The van der Waals surface area contributed by atoms with Crippen LogP contribution in [0.1, 0.15) is 12.5 Å². The molecule has 1 heterocycles. The minimum atomic E-state index is -1.10. The number of nitriles is 1. The summed E-state index contributed by atoms with van der Waals surface area (Å²) in [6.07, 6.45) is 1.61. The summed E-state index contributed by atoms with van der Waals surface area (Å²) in [5.41, 5.74) is -0.410. The molecule has 1 saturated heterocycles. The van der Waals surface area contributed by atoms with Crippen LogP contribution in [0.5, 0.6) is 0 Å². The molecular weight excluding hydrogens is 218 g/mol. The number of hydrogen-bond acceptors (Lipinski definition) is 3. The highest BCUT2D eigenvalue weighted by molar-refractivity contribution is 6.08. The van der Waals surface area contributed by atoms with Gasteiger partial charge in [0.2, 0.25) is 0 Å². The van der Waals surface area contributed by atoms with Crippen molar-refractivity contribution in [3.63, 3.8) is 0 Å². The Balaban J connectivity index is 2.56. The summed E-state index contributed by atoms with van der Waals surface area (Å²) in [6.45, 7) is 1.64. The summed E-state index contributed by atoms with van der Waals surface area (Å²) in [7, 11) is 1.52. The van der Waals surface area contributed by atoms with Crippen molar-refractivity contribution in [3.8, 4) is 6.19 Å². The summed E-state index contributed by atoms with van der Waals surface area (Å²) < 4.78 is 0. The molecule has 0 spiro atoms. The highest BCUT2D eigenvalue weighted by Gasteiger charge is 2.54. The van der Waals surface area contributed by atoms with Gasteiger partial charge in [-0.15, -0.1) is 0 Å². The van der Waals surface area contributed by atoms with E-state index in [0.717, 1.165) is 0 Å². The maximum atomic E-state index is 12.1. The maximum absolute atomic E-state index is 12.1. The Morgan fingerprint density at radius 3 is 2.29 bits per heavy atom. The van der Waals surface area contributed by atoms with Crippen molar-refractivity contribution in [3.05, 3.63) is 35.9 Å². The lowest BCUT2D eigenvalue weighted by molar-refractivity contribution is -0.130. The first-order chi connectivity index (χ1) is 8.03. The van der Waals surface area contributed by atoms with Gasteiger partial charge in [-0.2, -0.15) is 10.2 Å². The van der Waals surface area contributed by atoms with E-state index in [1.165, 1.54) is 11.9 Å². The number of imide groups is 1. The quantitative estimate of drug-likeness (QED) is 0.538. The van der Waals surface area contributed by atoms with Gasteiger partial charge in [0.25, 0.3) is 5.91 Å². The van der Waals surface area contributed by atoms with Crippen LogP contribution in [0.3, 0.4) is 0 Å². The van der Waals surface area contributed by atoms with E-state index in [4.69, 9.17) is 5.26 Å². The van der Waals surface area contributed by atoms with Gasteiger partial charge < -0.3 is 4.90 Å². The summed E-state index contributed by atoms with van der Waals surface area (Å²) in [5.74, 6) is -0.515. The monoisotopic (exact) mass is 229 g/mol. The lowest BCUT2D eigenvalue weighted by atomic mass is 9.91. The molecule has 0 radical (unpaired) electrons. The number of nitrogens with zero attached hydrogens (tertiary/aromatic N) is 3. The lowest BCUT2D eigenvalue weighted by Gasteiger charge is -2.28. The van der Waals surface area contributed by atoms with E-state index in [1.54, 1.807) is 37.4 Å². The SMILES string of the molecule is CN1C(=O)N(C#N)C(=O)C1(C)c1ccccc1. The Labute approximate surface area is 98.9 Å². The number of carbonyl (C=O) groups is 2. The normalized spacial score (nSPS) is 24.1. The Bertz CT molecular complexity index is 520. The zero-order valence-electron chi connectivity index (χ0n) is 9.54. The van der Waals surface area contributed by atoms with Crippen LogP contribution in [0.25, 0.3) is 0 Å². The van der Waals surface area contributed by atoms with Crippen LogP contribution in [0.2, 0.25) is 0 Å². The molecule has 2 rings (SSSR count). The van der Waals surface area contributed by atoms with Crippen LogP contribution in [0.4, 0.5) is 4.79 Å². The van der Waals surface area contributed by atoms with Crippen molar-refractivity contribution in [1.29, 1.82) is 5.26 Å². The molecule has 0 aromatic heterocycles. The van der Waals surface area contributed by atoms with E-state index in [-0.39, 0.29) is 0 Å². The van der Waals surface area contributed by atoms with Crippen molar-refractivity contribution < 1.29 is 9.59 Å². The van der Waals surface area contributed by atoms with Gasteiger partial charge in [0.15, 0.2) is 6.19 Å². The van der Waals surface area contributed by atoms with Crippen LogP contribution >= 0.6 is 0 Å². The molecule has 86 valence electrons. The summed E-state index contributed by atoms with van der Waals surface area (Å²) in [4.78, 5) is 25.7. The molecule has 1 aromatic carbocycles. The van der Waals surface area contributed by atoms with E-state index < -0.39 is 17.5 Å². The van der Waals surface area contributed by atoms with E-state index in [0.29, 0.717) is 10.5 Å². The Morgan fingerprint density at radius 1 is 1.24 bits per heavy atom. The van der Waals surface area contributed by atoms with E-state index >= 15 is 0 Å². The standard InChI is InChI=1S/C12H11N3O2/c1-12(9-6-4-3-5-7-9)10(16)15(8-13)11(17)14(12)2/h3-7H,1-2H3. The van der Waals surface area contributed by atoms with Gasteiger partial charge in [-0.3, -0.25) is 4.79 Å². The predicted molar refractivity (Wildman–Crippen MR) is 59.4 cm³/mol. The minimum absolute atomic E-state index is 0.515. The first kappa shape index (κ1) is 11.1. The Morgan fingerprint density at radius 2 is 1.82 bits per heavy atom. The van der Waals surface area contributed by atoms with E-state index in [2.05, 4.69) is 0 Å². The topological polar surface area (TPSA) is 64.4 Å². The zero-order chi connectivity index (χ0) is 12.6. The van der Waals surface area contributed by atoms with Gasteiger partial charge in [-0.1, -0.05) is 30.3 Å². The summed E-state index contributed by atoms with van der Waals surface area (Å²) in [5, 5.41) is 8.81. The number of urea groups is 1. The maximum Gasteiger partial charge on any atom is 0.341 e. The molecule has 5 nitrogen and oxygen atoms in total. The fourth-order valence-corrected chi connectivity index (χ4v) is 1.96. The Hall–Kier alpha value is -2.35. The molecule has 3 amide bonds. The van der Waals surface area contributed by atoms with Crippen LogP contribution < -0.4 is 0 Å². The number of carbonyl (C=O) groups excluding carboxylic acids is 2. The smallest absolute Gasteiger partial charge is 0.308 e. The molecule has 0 bridgehead atoms. The van der Waals surface area contributed by atoms with Crippen LogP contribution in [-0.4, -0.2) is 28.8 Å². The molecule has 0 N–H and O–H groups in total. The molecule has 1 aliphatic heterocycles. The molecular formula is C12H11N3O2. The third-order valence-electron chi connectivity index (χ3n) is 3.20. The number of amides is 3. The lowest BCUT2D eigenvalue weighted by Crippen LogP contribution is -2.41. The van der Waals surface area contributed by atoms with Gasteiger partial charge in [0.1, 0.15) is 5.54 Å². The van der Waals surface area contributed by atoms with Gasteiger partial charge in [0, 0.05) is 7.05 Å². The van der Waals surface area contributed by atoms with Gasteiger partial charge in [-0.05, 0) is 12.5 Å². The summed E-state index contributed by atoms with van der Waals surface area (Å²) >= 11 is 0. The molecule has 0 aliphatic carbocycles. The second kappa shape index (κ2) is 3.59. The molecule has 1 aliphatic rings. The van der Waals surface area contributed by atoms with Crippen molar-refractivity contribution in [1.82, 2.24) is 9.80 Å². The molecule has 1 atom stereocenters. The molecule has 1 aromatic rings. The first-order valence-electron chi connectivity index (χ1n) is 5.11. The largest absolute Gasteiger partial charge is 0.341 e. The number of hydrogen-bond donors (Lipinski definition) is 0. The van der Waals surface area contributed by atoms with Crippen LogP contribution in [-0.2, 0) is 10.3 Å². The third-order valence-corrected chi connectivity index (χ3v) is 3.20. The summed E-state index contributed by atoms with van der Waals surface area (Å²) in [6, 6.07) is 8.35. The van der Waals surface area contributed by atoms with Gasteiger partial charge in [-0.25, -0.2) is 4.79 Å². The number of benzene rings is 1.